The molecule has 1 aliphatic heterocycles. The number of fused-ring (bicyclic) bond motifs is 2. The van der Waals surface area contributed by atoms with E-state index in [4.69, 9.17) is 0 Å². The molecule has 1 unspecified atom stereocenters. The van der Waals surface area contributed by atoms with Gasteiger partial charge in [-0.25, -0.2) is 19.0 Å². The van der Waals surface area contributed by atoms with Crippen LogP contribution in [-0.4, -0.2) is 46.5 Å². The van der Waals surface area contributed by atoms with Gasteiger partial charge in [0.15, 0.2) is 11.3 Å². The van der Waals surface area contributed by atoms with E-state index >= 15 is 0 Å². The Morgan fingerprint density at radius 1 is 1.33 bits per heavy atom. The van der Waals surface area contributed by atoms with E-state index in [1.54, 1.807) is 36.1 Å². The normalized spacial score (nSPS) is 17.2. The summed E-state index contributed by atoms with van der Waals surface area (Å²) in [5.74, 6) is -0.110. The largest absolute Gasteiger partial charge is 0.330 e. The van der Waals surface area contributed by atoms with Gasteiger partial charge in [0.05, 0.1) is 17.9 Å². The first-order chi connectivity index (χ1) is 13.1. The summed E-state index contributed by atoms with van der Waals surface area (Å²) in [6, 6.07) is 4.95. The first-order valence-corrected chi connectivity index (χ1v) is 8.80. The minimum atomic E-state index is -0.161. The second-order valence-corrected chi connectivity index (χ2v) is 6.74. The second-order valence-electron chi connectivity index (χ2n) is 6.74. The smallest absolute Gasteiger partial charge is 0.272 e. The van der Waals surface area contributed by atoms with E-state index in [0.717, 1.165) is 18.5 Å². The molecule has 5 heterocycles. The number of hydrogen-bond donors (Lipinski definition) is 1. The number of nitrogens with one attached hydrogen (secondary N) is 1. The highest BCUT2D eigenvalue weighted by molar-refractivity contribution is 6.00. The Balaban J connectivity index is 1.54. The lowest BCUT2D eigenvalue weighted by Crippen LogP contribution is -2.31. The Kier molecular flexibility index (Phi) is 3.36. The van der Waals surface area contributed by atoms with Crippen LogP contribution in [0.2, 0.25) is 0 Å². The van der Waals surface area contributed by atoms with Crippen molar-refractivity contribution in [2.24, 2.45) is 0 Å². The van der Waals surface area contributed by atoms with E-state index in [9.17, 15) is 9.59 Å². The fourth-order valence-electron chi connectivity index (χ4n) is 3.77. The van der Waals surface area contributed by atoms with Gasteiger partial charge >= 0.3 is 0 Å². The standard InChI is InChI=1S/C18H17N7O2/c1-11-8-16(26)25-15(21-11)9-13(22-25)14-4-2-6-23(14)18(27)12-10-20-24-7-3-5-19-17(12)24/h3,5,7-10,14,22H,2,4,6H2,1H3. The summed E-state index contributed by atoms with van der Waals surface area (Å²) in [5, 5.41) is 7.32. The van der Waals surface area contributed by atoms with E-state index in [1.165, 1.54) is 10.6 Å². The van der Waals surface area contributed by atoms with Crippen LogP contribution in [0.5, 0.6) is 0 Å². The van der Waals surface area contributed by atoms with Crippen molar-refractivity contribution < 1.29 is 4.79 Å². The molecular formula is C18H17N7O2. The zero-order chi connectivity index (χ0) is 18.5. The Hall–Kier alpha value is -3.49. The van der Waals surface area contributed by atoms with Crippen LogP contribution in [-0.2, 0) is 0 Å². The van der Waals surface area contributed by atoms with Gasteiger partial charge < -0.3 is 4.90 Å². The summed E-state index contributed by atoms with van der Waals surface area (Å²) >= 11 is 0. The predicted octanol–water partition coefficient (Wildman–Crippen LogP) is 1.35. The van der Waals surface area contributed by atoms with Crippen molar-refractivity contribution in [2.45, 2.75) is 25.8 Å². The molecule has 0 bridgehead atoms. The number of aromatic amines is 1. The van der Waals surface area contributed by atoms with E-state index in [0.29, 0.717) is 29.1 Å². The third-order valence-electron chi connectivity index (χ3n) is 4.98. The van der Waals surface area contributed by atoms with Crippen LogP contribution in [0.1, 0.15) is 40.6 Å². The molecule has 27 heavy (non-hydrogen) atoms. The van der Waals surface area contributed by atoms with Crippen LogP contribution >= 0.6 is 0 Å². The summed E-state index contributed by atoms with van der Waals surface area (Å²) in [5.41, 5.74) is 2.89. The zero-order valence-electron chi connectivity index (χ0n) is 14.7. The molecule has 1 atom stereocenters. The van der Waals surface area contributed by atoms with E-state index < -0.39 is 0 Å². The van der Waals surface area contributed by atoms with Crippen molar-refractivity contribution in [3.63, 3.8) is 0 Å². The lowest BCUT2D eigenvalue weighted by molar-refractivity contribution is 0.0734. The fraction of sp³-hybridized carbons (Fsp3) is 0.278. The first-order valence-electron chi connectivity index (χ1n) is 8.80. The quantitative estimate of drug-likeness (QED) is 0.579. The van der Waals surface area contributed by atoms with Crippen molar-refractivity contribution in [2.75, 3.05) is 6.54 Å². The summed E-state index contributed by atoms with van der Waals surface area (Å²) in [6.07, 6.45) is 6.67. The molecule has 0 spiro atoms. The summed E-state index contributed by atoms with van der Waals surface area (Å²) in [6.45, 7) is 2.43. The van der Waals surface area contributed by atoms with Crippen LogP contribution < -0.4 is 5.56 Å². The molecular weight excluding hydrogens is 346 g/mol. The van der Waals surface area contributed by atoms with Gasteiger partial charge in [-0.05, 0) is 25.8 Å². The van der Waals surface area contributed by atoms with Gasteiger partial charge in [0.1, 0.15) is 5.56 Å². The van der Waals surface area contributed by atoms with Gasteiger partial charge in [-0.15, -0.1) is 0 Å². The van der Waals surface area contributed by atoms with Gasteiger partial charge in [0.25, 0.3) is 11.5 Å². The summed E-state index contributed by atoms with van der Waals surface area (Å²) < 4.78 is 3.01. The maximum atomic E-state index is 13.2. The average Bonchev–Trinajstić information content (AvgIpc) is 3.38. The molecule has 9 heteroatoms. The Bertz CT molecular complexity index is 1240. The van der Waals surface area contributed by atoms with Crippen molar-refractivity contribution in [1.82, 2.24) is 34.1 Å². The number of aryl methyl sites for hydroxylation is 1. The van der Waals surface area contributed by atoms with E-state index in [-0.39, 0.29) is 17.5 Å². The van der Waals surface area contributed by atoms with Crippen molar-refractivity contribution in [1.29, 1.82) is 0 Å². The number of likely N-dealkylation sites (tertiary alicyclic amines) is 1. The molecule has 4 aromatic rings. The fourth-order valence-corrected chi connectivity index (χ4v) is 3.77. The lowest BCUT2D eigenvalue weighted by atomic mass is 10.1. The van der Waals surface area contributed by atoms with Crippen LogP contribution in [0.4, 0.5) is 0 Å². The average molecular weight is 363 g/mol. The maximum Gasteiger partial charge on any atom is 0.272 e. The molecule has 0 radical (unpaired) electrons. The molecule has 1 amide bonds. The van der Waals surface area contributed by atoms with Crippen LogP contribution in [0.3, 0.4) is 0 Å². The molecule has 9 nitrogen and oxygen atoms in total. The van der Waals surface area contributed by atoms with Crippen LogP contribution in [0, 0.1) is 6.92 Å². The maximum absolute atomic E-state index is 13.2. The van der Waals surface area contributed by atoms with E-state index in [1.807, 2.05) is 11.0 Å². The van der Waals surface area contributed by atoms with Crippen molar-refractivity contribution in [3.8, 4) is 0 Å². The first kappa shape index (κ1) is 15.7. The zero-order valence-corrected chi connectivity index (χ0v) is 14.7. The Labute approximate surface area is 153 Å². The number of rotatable bonds is 2. The number of hydrogen-bond acceptors (Lipinski definition) is 5. The molecule has 1 fully saturated rings. The third kappa shape index (κ3) is 2.42. The number of aromatic nitrogens is 6. The second kappa shape index (κ2) is 5.76. The number of H-pyrrole nitrogens is 1. The molecule has 4 aromatic heterocycles. The Morgan fingerprint density at radius 2 is 2.22 bits per heavy atom. The molecule has 0 saturated carbocycles. The molecule has 0 aromatic carbocycles. The summed E-state index contributed by atoms with van der Waals surface area (Å²) in [4.78, 5) is 35.8. The van der Waals surface area contributed by atoms with Crippen molar-refractivity contribution in [3.05, 3.63) is 64.1 Å². The highest BCUT2D eigenvalue weighted by Crippen LogP contribution is 2.33. The van der Waals surface area contributed by atoms with Gasteiger partial charge in [-0.2, -0.15) is 5.10 Å². The van der Waals surface area contributed by atoms with Crippen LogP contribution in [0.15, 0.2) is 41.6 Å². The molecule has 1 N–H and O–H groups in total. The predicted molar refractivity (Wildman–Crippen MR) is 96.5 cm³/mol. The van der Waals surface area contributed by atoms with Gasteiger partial charge in [0.2, 0.25) is 0 Å². The molecule has 1 aliphatic rings. The number of carbonyl (C=O) groups excluding carboxylic acids is 1. The van der Waals surface area contributed by atoms with Crippen molar-refractivity contribution >= 4 is 17.2 Å². The minimum absolute atomic E-state index is 0.110. The van der Waals surface area contributed by atoms with E-state index in [2.05, 4.69) is 20.2 Å². The highest BCUT2D eigenvalue weighted by Gasteiger charge is 2.33. The summed E-state index contributed by atoms with van der Waals surface area (Å²) in [7, 11) is 0. The molecule has 136 valence electrons. The monoisotopic (exact) mass is 363 g/mol. The van der Waals surface area contributed by atoms with Gasteiger partial charge in [-0.3, -0.25) is 14.7 Å². The minimum Gasteiger partial charge on any atom is -0.330 e. The lowest BCUT2D eigenvalue weighted by Gasteiger charge is -2.23. The molecule has 0 aliphatic carbocycles. The third-order valence-corrected chi connectivity index (χ3v) is 4.98. The van der Waals surface area contributed by atoms with Gasteiger partial charge in [-0.1, -0.05) is 0 Å². The number of nitrogens with zero attached hydrogens (tertiary/aromatic N) is 6. The molecule has 5 rings (SSSR count). The molecule has 1 saturated heterocycles. The SMILES string of the molecule is Cc1cc(=O)n2[nH]c(C3CCCN3C(=O)c3cnn4cccnc34)cc2n1. The topological polar surface area (TPSA) is 101 Å². The van der Waals surface area contributed by atoms with Crippen LogP contribution in [0.25, 0.3) is 11.3 Å². The number of amides is 1. The van der Waals surface area contributed by atoms with Gasteiger partial charge in [0, 0.05) is 36.8 Å². The number of carbonyl (C=O) groups is 1. The highest BCUT2D eigenvalue weighted by atomic mass is 16.2. The Morgan fingerprint density at radius 3 is 3.11 bits per heavy atom.